The van der Waals surface area contributed by atoms with Gasteiger partial charge >= 0.3 is 0 Å². The third-order valence-electron chi connectivity index (χ3n) is 3.11. The fourth-order valence-corrected chi connectivity index (χ4v) is 3.02. The van der Waals surface area contributed by atoms with Crippen molar-refractivity contribution in [1.82, 2.24) is 4.98 Å². The monoisotopic (exact) mass is 312 g/mol. The molecule has 3 aromatic rings. The van der Waals surface area contributed by atoms with Crippen molar-refractivity contribution in [3.05, 3.63) is 71.0 Å². The van der Waals surface area contributed by atoms with Crippen molar-refractivity contribution in [3.63, 3.8) is 0 Å². The lowest BCUT2D eigenvalue weighted by Gasteiger charge is -2.02. The van der Waals surface area contributed by atoms with E-state index in [-0.39, 0.29) is 11.7 Å². The summed E-state index contributed by atoms with van der Waals surface area (Å²) in [5.74, 6) is -0.524. The molecular weight excluding hydrogens is 299 g/mol. The normalized spacial score (nSPS) is 10.5. The minimum absolute atomic E-state index is 0.205. The van der Waals surface area contributed by atoms with Crippen molar-refractivity contribution in [2.75, 3.05) is 5.32 Å². The van der Waals surface area contributed by atoms with Gasteiger partial charge in [0.1, 0.15) is 15.7 Å². The summed E-state index contributed by atoms with van der Waals surface area (Å²) in [5.41, 5.74) is 2.04. The highest BCUT2D eigenvalue weighted by Crippen LogP contribution is 2.28. The molecule has 0 spiro atoms. The van der Waals surface area contributed by atoms with Crippen LogP contribution in [0.25, 0.3) is 10.6 Å². The van der Waals surface area contributed by atoms with E-state index in [2.05, 4.69) is 10.3 Å². The summed E-state index contributed by atoms with van der Waals surface area (Å²) in [6, 6.07) is 15.4. The fourth-order valence-electron chi connectivity index (χ4n) is 2.06. The third-order valence-corrected chi connectivity index (χ3v) is 4.31. The number of aryl methyl sites for hydroxylation is 1. The van der Waals surface area contributed by atoms with E-state index in [1.165, 1.54) is 23.5 Å². The third kappa shape index (κ3) is 3.04. The number of halogens is 1. The number of carbonyl (C=O) groups excluding carboxylic acids is 1. The Morgan fingerprint density at radius 1 is 1.14 bits per heavy atom. The molecule has 1 N–H and O–H groups in total. The number of carbonyl (C=O) groups is 1. The second-order valence-corrected chi connectivity index (χ2v) is 5.76. The molecule has 0 radical (unpaired) electrons. The van der Waals surface area contributed by atoms with E-state index in [1.807, 2.05) is 30.3 Å². The number of amides is 1. The molecule has 110 valence electrons. The maximum Gasteiger partial charge on any atom is 0.267 e. The van der Waals surface area contributed by atoms with Crippen molar-refractivity contribution in [1.29, 1.82) is 0 Å². The molecule has 1 aromatic heterocycles. The second-order valence-electron chi connectivity index (χ2n) is 4.76. The van der Waals surface area contributed by atoms with Crippen molar-refractivity contribution in [2.24, 2.45) is 0 Å². The van der Waals surface area contributed by atoms with Gasteiger partial charge in [0.2, 0.25) is 0 Å². The van der Waals surface area contributed by atoms with Gasteiger partial charge in [-0.05, 0) is 31.2 Å². The Morgan fingerprint density at radius 2 is 1.91 bits per heavy atom. The van der Waals surface area contributed by atoms with Crippen molar-refractivity contribution >= 4 is 22.9 Å². The molecule has 0 atom stereocenters. The average molecular weight is 312 g/mol. The molecule has 0 aliphatic rings. The molecular formula is C17H13FN2OS. The van der Waals surface area contributed by atoms with Crippen LogP contribution < -0.4 is 5.32 Å². The van der Waals surface area contributed by atoms with Gasteiger partial charge in [0, 0.05) is 11.3 Å². The molecule has 0 saturated heterocycles. The Kier molecular flexibility index (Phi) is 3.98. The Hall–Kier alpha value is -2.53. The number of thiazole rings is 1. The number of anilines is 1. The predicted molar refractivity (Wildman–Crippen MR) is 86.6 cm³/mol. The lowest BCUT2D eigenvalue weighted by molar-refractivity contribution is 0.103. The van der Waals surface area contributed by atoms with E-state index in [9.17, 15) is 9.18 Å². The van der Waals surface area contributed by atoms with Gasteiger partial charge in [-0.1, -0.05) is 30.3 Å². The summed E-state index contributed by atoms with van der Waals surface area (Å²) in [5, 5.41) is 3.47. The molecule has 0 fully saturated rings. The van der Waals surface area contributed by atoms with Gasteiger partial charge in [-0.3, -0.25) is 4.79 Å². The molecule has 0 bridgehead atoms. The first-order chi connectivity index (χ1) is 10.6. The SMILES string of the molecule is Cc1nc(-c2cccc(F)c2)sc1C(=O)Nc1ccccc1. The molecule has 5 heteroatoms. The zero-order chi connectivity index (χ0) is 15.5. The molecule has 0 unspecified atom stereocenters. The van der Waals surface area contributed by atoms with E-state index < -0.39 is 0 Å². The van der Waals surface area contributed by atoms with Gasteiger partial charge < -0.3 is 5.32 Å². The molecule has 3 rings (SSSR count). The van der Waals surface area contributed by atoms with Crippen molar-refractivity contribution in [3.8, 4) is 10.6 Å². The van der Waals surface area contributed by atoms with E-state index >= 15 is 0 Å². The molecule has 3 nitrogen and oxygen atoms in total. The van der Waals surface area contributed by atoms with Gasteiger partial charge in [-0.2, -0.15) is 0 Å². The van der Waals surface area contributed by atoms with Gasteiger partial charge in [-0.15, -0.1) is 11.3 Å². The average Bonchev–Trinajstić information content (AvgIpc) is 2.90. The second kappa shape index (κ2) is 6.07. The number of para-hydroxylation sites is 1. The van der Waals surface area contributed by atoms with Crippen LogP contribution in [0.15, 0.2) is 54.6 Å². The first kappa shape index (κ1) is 14.4. The molecule has 2 aromatic carbocycles. The van der Waals surface area contributed by atoms with Crippen LogP contribution >= 0.6 is 11.3 Å². The predicted octanol–water partition coefficient (Wildman–Crippen LogP) is 4.51. The zero-order valence-corrected chi connectivity index (χ0v) is 12.7. The van der Waals surface area contributed by atoms with Gasteiger partial charge in [-0.25, -0.2) is 9.37 Å². The van der Waals surface area contributed by atoms with Crippen LogP contribution in [0.1, 0.15) is 15.4 Å². The maximum absolute atomic E-state index is 13.3. The number of rotatable bonds is 3. The number of hydrogen-bond acceptors (Lipinski definition) is 3. The van der Waals surface area contributed by atoms with Crippen molar-refractivity contribution in [2.45, 2.75) is 6.92 Å². The van der Waals surface area contributed by atoms with E-state index in [0.29, 0.717) is 21.1 Å². The Balaban J connectivity index is 1.88. The summed E-state index contributed by atoms with van der Waals surface area (Å²) >= 11 is 1.26. The number of benzene rings is 2. The standard InChI is InChI=1S/C17H13FN2OS/c1-11-15(16(21)20-14-8-3-2-4-9-14)22-17(19-11)12-6-5-7-13(18)10-12/h2-10H,1H3,(H,20,21). The number of aromatic nitrogens is 1. The lowest BCUT2D eigenvalue weighted by Crippen LogP contribution is -2.11. The highest BCUT2D eigenvalue weighted by Gasteiger charge is 2.16. The quantitative estimate of drug-likeness (QED) is 0.773. The Bertz CT molecular complexity index is 815. The molecule has 1 amide bonds. The summed E-state index contributed by atoms with van der Waals surface area (Å²) in [6.45, 7) is 1.78. The Labute approximate surface area is 131 Å². The maximum atomic E-state index is 13.3. The molecule has 22 heavy (non-hydrogen) atoms. The number of hydrogen-bond donors (Lipinski definition) is 1. The van der Waals surface area contributed by atoms with Gasteiger partial charge in [0.25, 0.3) is 5.91 Å². The molecule has 1 heterocycles. The van der Waals surface area contributed by atoms with Crippen LogP contribution in [0.5, 0.6) is 0 Å². The number of nitrogens with one attached hydrogen (secondary N) is 1. The summed E-state index contributed by atoms with van der Waals surface area (Å²) < 4.78 is 13.3. The topological polar surface area (TPSA) is 42.0 Å². The minimum atomic E-state index is -0.319. The van der Waals surface area contributed by atoms with Crippen LogP contribution in [0.3, 0.4) is 0 Å². The van der Waals surface area contributed by atoms with Gasteiger partial charge in [0.05, 0.1) is 5.69 Å². The number of nitrogens with zero attached hydrogens (tertiary/aromatic N) is 1. The van der Waals surface area contributed by atoms with Crippen LogP contribution in [0.4, 0.5) is 10.1 Å². The van der Waals surface area contributed by atoms with E-state index in [4.69, 9.17) is 0 Å². The van der Waals surface area contributed by atoms with Crippen LogP contribution in [0, 0.1) is 12.7 Å². The van der Waals surface area contributed by atoms with Crippen LogP contribution in [-0.4, -0.2) is 10.9 Å². The van der Waals surface area contributed by atoms with Crippen LogP contribution in [-0.2, 0) is 0 Å². The molecule has 0 aliphatic carbocycles. The molecule has 0 saturated carbocycles. The largest absolute Gasteiger partial charge is 0.321 e. The van der Waals surface area contributed by atoms with Crippen LogP contribution in [0.2, 0.25) is 0 Å². The lowest BCUT2D eigenvalue weighted by atomic mass is 10.2. The first-order valence-electron chi connectivity index (χ1n) is 6.73. The Morgan fingerprint density at radius 3 is 2.64 bits per heavy atom. The minimum Gasteiger partial charge on any atom is -0.321 e. The molecule has 0 aliphatic heterocycles. The van der Waals surface area contributed by atoms with E-state index in [0.717, 1.165) is 5.69 Å². The summed E-state index contributed by atoms with van der Waals surface area (Å²) in [6.07, 6.45) is 0. The smallest absolute Gasteiger partial charge is 0.267 e. The first-order valence-corrected chi connectivity index (χ1v) is 7.55. The highest BCUT2D eigenvalue weighted by atomic mass is 32.1. The summed E-state index contributed by atoms with van der Waals surface area (Å²) in [7, 11) is 0. The van der Waals surface area contributed by atoms with Crippen molar-refractivity contribution < 1.29 is 9.18 Å². The van der Waals surface area contributed by atoms with E-state index in [1.54, 1.807) is 19.1 Å². The summed E-state index contributed by atoms with van der Waals surface area (Å²) in [4.78, 5) is 17.2. The highest BCUT2D eigenvalue weighted by molar-refractivity contribution is 7.17. The zero-order valence-electron chi connectivity index (χ0n) is 11.8. The van der Waals surface area contributed by atoms with Gasteiger partial charge in [0.15, 0.2) is 0 Å². The fraction of sp³-hybridized carbons (Fsp3) is 0.0588.